The highest BCUT2D eigenvalue weighted by molar-refractivity contribution is 5.76. The summed E-state index contributed by atoms with van der Waals surface area (Å²) in [5.74, 6) is 0.421. The third-order valence-electron chi connectivity index (χ3n) is 4.33. The van der Waals surface area contributed by atoms with Crippen LogP contribution in [-0.2, 0) is 4.79 Å². The van der Waals surface area contributed by atoms with Gasteiger partial charge in [-0.05, 0) is 31.6 Å². The van der Waals surface area contributed by atoms with Gasteiger partial charge >= 0.3 is 0 Å². The predicted octanol–water partition coefficient (Wildman–Crippen LogP) is -0.832. The van der Waals surface area contributed by atoms with Gasteiger partial charge in [0.25, 0.3) is 0 Å². The van der Waals surface area contributed by atoms with E-state index >= 15 is 0 Å². The number of hydrogen-bond donors (Lipinski definition) is 4. The minimum absolute atomic E-state index is 0.0709. The van der Waals surface area contributed by atoms with E-state index in [0.717, 1.165) is 51.9 Å². The summed E-state index contributed by atoms with van der Waals surface area (Å²) in [6.45, 7) is 3.70. The molecule has 2 aliphatic rings. The molecule has 1 amide bonds. The van der Waals surface area contributed by atoms with Crippen molar-refractivity contribution in [1.82, 2.24) is 10.6 Å². The van der Waals surface area contributed by atoms with Crippen molar-refractivity contribution in [2.45, 2.75) is 31.2 Å². The van der Waals surface area contributed by atoms with E-state index in [-0.39, 0.29) is 17.4 Å². The first-order chi connectivity index (χ1) is 8.12. The van der Waals surface area contributed by atoms with Gasteiger partial charge in [-0.25, -0.2) is 0 Å². The molecule has 0 bridgehead atoms. The van der Waals surface area contributed by atoms with Gasteiger partial charge in [0.05, 0.1) is 0 Å². The maximum atomic E-state index is 11.1. The lowest BCUT2D eigenvalue weighted by atomic mass is 9.71. The highest BCUT2D eigenvalue weighted by Crippen LogP contribution is 2.34. The van der Waals surface area contributed by atoms with E-state index in [1.54, 1.807) is 0 Å². The van der Waals surface area contributed by atoms with Crippen LogP contribution in [0.3, 0.4) is 0 Å². The fraction of sp³-hybridized carbons (Fsp3) is 0.917. The van der Waals surface area contributed by atoms with Gasteiger partial charge in [-0.3, -0.25) is 4.79 Å². The molecule has 17 heavy (non-hydrogen) atoms. The number of nitrogens with two attached hydrogens (primary N) is 2. The van der Waals surface area contributed by atoms with Crippen molar-refractivity contribution < 1.29 is 4.79 Å². The molecule has 0 radical (unpaired) electrons. The Bertz CT molecular complexity index is 266. The summed E-state index contributed by atoms with van der Waals surface area (Å²) in [4.78, 5) is 11.1. The lowest BCUT2D eigenvalue weighted by Gasteiger charge is -2.40. The Morgan fingerprint density at radius 1 is 1.06 bits per heavy atom. The molecule has 5 heteroatoms. The highest BCUT2D eigenvalue weighted by atomic mass is 16.1. The van der Waals surface area contributed by atoms with Crippen LogP contribution in [0.1, 0.15) is 25.7 Å². The molecule has 98 valence electrons. The molecule has 0 aromatic rings. The molecule has 6 N–H and O–H groups in total. The van der Waals surface area contributed by atoms with Crippen molar-refractivity contribution in [3.05, 3.63) is 0 Å². The molecular weight excluding hydrogens is 216 g/mol. The second-order valence-corrected chi connectivity index (χ2v) is 5.54. The van der Waals surface area contributed by atoms with Crippen LogP contribution in [0.25, 0.3) is 0 Å². The van der Waals surface area contributed by atoms with Gasteiger partial charge in [0, 0.05) is 37.6 Å². The van der Waals surface area contributed by atoms with Gasteiger partial charge in [-0.1, -0.05) is 0 Å². The number of primary amides is 1. The van der Waals surface area contributed by atoms with Crippen LogP contribution in [0.2, 0.25) is 0 Å². The van der Waals surface area contributed by atoms with E-state index < -0.39 is 0 Å². The Morgan fingerprint density at radius 3 is 2.06 bits per heavy atom. The fourth-order valence-corrected chi connectivity index (χ4v) is 3.12. The Hall–Kier alpha value is -0.650. The quantitative estimate of drug-likeness (QED) is 0.507. The molecule has 1 aliphatic heterocycles. The third-order valence-corrected chi connectivity index (χ3v) is 4.33. The topological polar surface area (TPSA) is 93.2 Å². The first-order valence-electron chi connectivity index (χ1n) is 6.61. The summed E-state index contributed by atoms with van der Waals surface area (Å²) in [7, 11) is 0. The molecular formula is C12H24N4O. The van der Waals surface area contributed by atoms with Crippen LogP contribution < -0.4 is 22.1 Å². The molecule has 5 nitrogen and oxygen atoms in total. The van der Waals surface area contributed by atoms with Crippen LogP contribution in [-0.4, -0.2) is 37.6 Å². The van der Waals surface area contributed by atoms with Crippen LogP contribution >= 0.6 is 0 Å². The number of rotatable bonds is 2. The summed E-state index contributed by atoms with van der Waals surface area (Å²) >= 11 is 0. The number of nitrogens with one attached hydrogen (secondary N) is 2. The largest absolute Gasteiger partial charge is 0.369 e. The van der Waals surface area contributed by atoms with Crippen LogP contribution in [0, 0.1) is 11.8 Å². The van der Waals surface area contributed by atoms with Gasteiger partial charge in [0.2, 0.25) is 5.91 Å². The molecule has 0 aromatic heterocycles. The van der Waals surface area contributed by atoms with Crippen molar-refractivity contribution in [3.63, 3.8) is 0 Å². The monoisotopic (exact) mass is 240 g/mol. The molecule has 2 fully saturated rings. The Morgan fingerprint density at radius 2 is 1.59 bits per heavy atom. The Kier molecular flexibility index (Phi) is 4.01. The van der Waals surface area contributed by atoms with Crippen LogP contribution in [0.15, 0.2) is 0 Å². The number of carbonyl (C=O) groups is 1. The highest BCUT2D eigenvalue weighted by Gasteiger charge is 2.38. The molecule has 0 unspecified atom stereocenters. The second-order valence-electron chi connectivity index (χ2n) is 5.54. The Labute approximate surface area is 103 Å². The van der Waals surface area contributed by atoms with Crippen LogP contribution in [0.4, 0.5) is 0 Å². The summed E-state index contributed by atoms with van der Waals surface area (Å²) < 4.78 is 0. The lowest BCUT2D eigenvalue weighted by Crippen LogP contribution is -2.59. The maximum Gasteiger partial charge on any atom is 0.220 e. The first-order valence-corrected chi connectivity index (χ1v) is 6.61. The molecule has 1 aliphatic carbocycles. The fourth-order valence-electron chi connectivity index (χ4n) is 3.12. The first kappa shape index (κ1) is 12.8. The zero-order valence-electron chi connectivity index (χ0n) is 10.4. The average Bonchev–Trinajstić information content (AvgIpc) is 2.55. The molecule has 1 saturated carbocycles. The van der Waals surface area contributed by atoms with E-state index in [9.17, 15) is 4.79 Å². The summed E-state index contributed by atoms with van der Waals surface area (Å²) in [6, 6.07) is 0. The van der Waals surface area contributed by atoms with Gasteiger partial charge in [0.15, 0.2) is 0 Å². The van der Waals surface area contributed by atoms with E-state index in [1.165, 1.54) is 0 Å². The molecule has 1 saturated heterocycles. The summed E-state index contributed by atoms with van der Waals surface area (Å²) in [5, 5.41) is 6.78. The van der Waals surface area contributed by atoms with Gasteiger partial charge < -0.3 is 22.1 Å². The number of carbonyl (C=O) groups excluding carboxylic acids is 1. The van der Waals surface area contributed by atoms with Crippen LogP contribution in [0.5, 0.6) is 0 Å². The molecule has 0 aromatic carbocycles. The zero-order chi connectivity index (χ0) is 12.3. The number of hydrogen-bond acceptors (Lipinski definition) is 4. The smallest absolute Gasteiger partial charge is 0.220 e. The standard InChI is InChI=1S/C12H24N4O/c13-11(17)9-1-3-10(4-2-9)12(14)7-15-5-6-16-8-12/h9-10,15-16H,1-8,14H2,(H2,13,17). The average molecular weight is 240 g/mol. The minimum atomic E-state index is -0.168. The van der Waals surface area contributed by atoms with Gasteiger partial charge in [-0.15, -0.1) is 0 Å². The predicted molar refractivity (Wildman–Crippen MR) is 67.3 cm³/mol. The van der Waals surface area contributed by atoms with Crippen molar-refractivity contribution >= 4 is 5.91 Å². The zero-order valence-corrected chi connectivity index (χ0v) is 10.4. The van der Waals surface area contributed by atoms with E-state index in [4.69, 9.17) is 11.5 Å². The second kappa shape index (κ2) is 5.33. The Balaban J connectivity index is 1.92. The van der Waals surface area contributed by atoms with Crippen molar-refractivity contribution in [1.29, 1.82) is 0 Å². The minimum Gasteiger partial charge on any atom is -0.369 e. The maximum absolute atomic E-state index is 11.1. The van der Waals surface area contributed by atoms with Gasteiger partial charge in [-0.2, -0.15) is 0 Å². The molecule has 0 atom stereocenters. The normalized spacial score (nSPS) is 33.9. The lowest BCUT2D eigenvalue weighted by molar-refractivity contribution is -0.123. The van der Waals surface area contributed by atoms with Gasteiger partial charge in [0.1, 0.15) is 0 Å². The summed E-state index contributed by atoms with van der Waals surface area (Å²) in [6.07, 6.45) is 3.85. The van der Waals surface area contributed by atoms with Crippen molar-refractivity contribution in [2.24, 2.45) is 23.3 Å². The summed E-state index contributed by atoms with van der Waals surface area (Å²) in [5.41, 5.74) is 11.7. The molecule has 1 heterocycles. The van der Waals surface area contributed by atoms with Crippen molar-refractivity contribution in [2.75, 3.05) is 26.2 Å². The van der Waals surface area contributed by atoms with Crippen molar-refractivity contribution in [3.8, 4) is 0 Å². The van der Waals surface area contributed by atoms with E-state index in [0.29, 0.717) is 5.92 Å². The molecule has 2 rings (SSSR count). The molecule has 0 spiro atoms. The number of amides is 1. The van der Waals surface area contributed by atoms with E-state index in [1.807, 2.05) is 0 Å². The third kappa shape index (κ3) is 2.97. The SMILES string of the molecule is NC(=O)C1CCC(C2(N)CNCCNC2)CC1. The van der Waals surface area contributed by atoms with E-state index in [2.05, 4.69) is 10.6 Å².